The zero-order valence-corrected chi connectivity index (χ0v) is 7.42. The van der Waals surface area contributed by atoms with E-state index in [-0.39, 0.29) is 17.7 Å². The highest BCUT2D eigenvalue weighted by Gasteiger charge is 2.17. The Balaban J connectivity index is 3.43. The van der Waals surface area contributed by atoms with Crippen molar-refractivity contribution in [1.82, 2.24) is 4.98 Å². The number of aromatic nitrogens is 1. The third kappa shape index (κ3) is 1.86. The highest BCUT2D eigenvalue weighted by Crippen LogP contribution is 2.28. The summed E-state index contributed by atoms with van der Waals surface area (Å²) in [6.45, 7) is 0. The Bertz CT molecular complexity index is 415. The maximum absolute atomic E-state index is 12.3. The van der Waals surface area contributed by atoms with Crippen LogP contribution in [0.25, 0.3) is 0 Å². The van der Waals surface area contributed by atoms with Gasteiger partial charge in [-0.15, -0.1) is 0 Å². The van der Waals surface area contributed by atoms with Gasteiger partial charge in [-0.2, -0.15) is 5.26 Å². The van der Waals surface area contributed by atoms with Gasteiger partial charge in [-0.3, -0.25) is 4.79 Å². The number of nitrogens with zero attached hydrogens (tertiary/aromatic N) is 2. The zero-order chi connectivity index (χ0) is 10.7. The van der Waals surface area contributed by atoms with Crippen molar-refractivity contribution < 1.29 is 13.6 Å². The number of aldehydes is 1. The van der Waals surface area contributed by atoms with Gasteiger partial charge in [0.25, 0.3) is 6.43 Å². The number of nitriles is 1. The average Bonchev–Trinajstić information content (AvgIpc) is 2.17. The van der Waals surface area contributed by atoms with Gasteiger partial charge in [0, 0.05) is 5.56 Å². The molecule has 1 aromatic heterocycles. The summed E-state index contributed by atoms with van der Waals surface area (Å²) in [4.78, 5) is 13.8. The fourth-order valence-electron chi connectivity index (χ4n) is 0.864. The van der Waals surface area contributed by atoms with Crippen LogP contribution in [-0.2, 0) is 0 Å². The van der Waals surface area contributed by atoms with Crippen LogP contribution < -0.4 is 0 Å². The van der Waals surface area contributed by atoms with Crippen LogP contribution in [0.4, 0.5) is 8.78 Å². The molecule has 0 bridgehead atoms. The fourth-order valence-corrected chi connectivity index (χ4v) is 1.09. The average molecular weight is 217 g/mol. The Hall–Kier alpha value is -1.54. The number of pyridine rings is 1. The van der Waals surface area contributed by atoms with Gasteiger partial charge in [0.2, 0.25) is 0 Å². The molecule has 0 aromatic carbocycles. The van der Waals surface area contributed by atoms with E-state index >= 15 is 0 Å². The van der Waals surface area contributed by atoms with E-state index in [4.69, 9.17) is 16.9 Å². The van der Waals surface area contributed by atoms with Crippen molar-refractivity contribution >= 4 is 17.9 Å². The molecule has 0 fully saturated rings. The summed E-state index contributed by atoms with van der Waals surface area (Å²) < 4.78 is 24.6. The minimum absolute atomic E-state index is 0.231. The van der Waals surface area contributed by atoms with E-state index in [1.165, 1.54) is 0 Å². The molecule has 1 aromatic rings. The molecule has 0 radical (unpaired) electrons. The monoisotopic (exact) mass is 216 g/mol. The molecular formula is C8H3ClF2N2O. The van der Waals surface area contributed by atoms with Crippen LogP contribution in [0.1, 0.15) is 28.2 Å². The van der Waals surface area contributed by atoms with Crippen LogP contribution in [0.3, 0.4) is 0 Å². The van der Waals surface area contributed by atoms with Crippen LogP contribution in [0, 0.1) is 11.3 Å². The van der Waals surface area contributed by atoms with Gasteiger partial charge < -0.3 is 0 Å². The molecule has 14 heavy (non-hydrogen) atoms. The third-order valence-corrected chi connectivity index (χ3v) is 1.88. The maximum Gasteiger partial charge on any atom is 0.265 e. The Morgan fingerprint density at radius 3 is 2.71 bits per heavy atom. The van der Waals surface area contributed by atoms with Gasteiger partial charge >= 0.3 is 0 Å². The predicted octanol–water partition coefficient (Wildman–Crippen LogP) is 2.36. The van der Waals surface area contributed by atoms with Crippen molar-refractivity contribution in [2.24, 2.45) is 0 Å². The number of carbonyl (C=O) groups excluding carboxylic acids is 1. The van der Waals surface area contributed by atoms with Crippen LogP contribution >= 0.6 is 11.6 Å². The number of halogens is 3. The van der Waals surface area contributed by atoms with E-state index in [1.807, 2.05) is 0 Å². The Kier molecular flexibility index (Phi) is 3.10. The molecule has 6 heteroatoms. The van der Waals surface area contributed by atoms with Gasteiger partial charge in [-0.05, 0) is 6.07 Å². The van der Waals surface area contributed by atoms with Crippen LogP contribution in [0.2, 0.25) is 5.02 Å². The largest absolute Gasteiger partial charge is 0.296 e. The number of hydrogen-bond donors (Lipinski definition) is 0. The molecule has 0 N–H and O–H groups in total. The molecule has 0 saturated heterocycles. The summed E-state index contributed by atoms with van der Waals surface area (Å²) in [6, 6.07) is 2.42. The number of carbonyl (C=O) groups is 1. The summed E-state index contributed by atoms with van der Waals surface area (Å²) in [6.07, 6.45) is -2.61. The zero-order valence-electron chi connectivity index (χ0n) is 6.67. The first-order valence-electron chi connectivity index (χ1n) is 3.44. The normalized spacial score (nSPS) is 9.93. The maximum atomic E-state index is 12.3. The summed E-state index contributed by atoms with van der Waals surface area (Å²) in [5, 5.41) is 8.03. The SMILES string of the molecule is N#Cc1cc(C(F)F)c(Cl)c(C=O)n1. The lowest BCUT2D eigenvalue weighted by Gasteiger charge is -2.04. The standard InChI is InChI=1S/C8H3ClF2N2O/c9-7-5(8(10)11)1-4(2-12)13-6(7)3-14/h1,3,8H. The lowest BCUT2D eigenvalue weighted by Crippen LogP contribution is -1.98. The van der Waals surface area contributed by atoms with Crippen molar-refractivity contribution in [3.8, 4) is 6.07 Å². The minimum Gasteiger partial charge on any atom is -0.296 e. The van der Waals surface area contributed by atoms with Gasteiger partial charge in [0.15, 0.2) is 6.29 Å². The predicted molar refractivity (Wildman–Crippen MR) is 44.3 cm³/mol. The smallest absolute Gasteiger partial charge is 0.265 e. The van der Waals surface area contributed by atoms with Gasteiger partial charge in [-0.25, -0.2) is 13.8 Å². The molecule has 1 heterocycles. The first-order valence-corrected chi connectivity index (χ1v) is 3.81. The van der Waals surface area contributed by atoms with Crippen molar-refractivity contribution in [1.29, 1.82) is 5.26 Å². The first kappa shape index (κ1) is 10.5. The number of hydrogen-bond acceptors (Lipinski definition) is 3. The molecule has 0 saturated carbocycles. The van der Waals surface area contributed by atoms with Crippen LogP contribution in [0.15, 0.2) is 6.07 Å². The summed E-state index contributed by atoms with van der Waals surface area (Å²) in [5.41, 5.74) is -1.16. The highest BCUT2D eigenvalue weighted by molar-refractivity contribution is 6.33. The van der Waals surface area contributed by atoms with Crippen molar-refractivity contribution in [2.45, 2.75) is 6.43 Å². The molecule has 0 aliphatic heterocycles. The van der Waals surface area contributed by atoms with Gasteiger partial charge in [0.05, 0.1) is 5.02 Å². The van der Waals surface area contributed by atoms with E-state index in [9.17, 15) is 13.6 Å². The summed E-state index contributed by atoms with van der Waals surface area (Å²) in [7, 11) is 0. The van der Waals surface area contributed by atoms with E-state index in [0.717, 1.165) is 6.07 Å². The molecule has 0 aliphatic carbocycles. The van der Waals surface area contributed by atoms with Crippen molar-refractivity contribution in [3.63, 3.8) is 0 Å². The highest BCUT2D eigenvalue weighted by atomic mass is 35.5. The Labute approximate surface area is 82.9 Å². The quantitative estimate of drug-likeness (QED) is 0.713. The molecule has 0 atom stereocenters. The summed E-state index contributed by atoms with van der Waals surface area (Å²) in [5.74, 6) is 0. The van der Waals surface area contributed by atoms with Crippen LogP contribution in [0.5, 0.6) is 0 Å². The molecule has 0 spiro atoms. The third-order valence-electron chi connectivity index (χ3n) is 1.47. The lowest BCUT2D eigenvalue weighted by molar-refractivity contribution is 0.111. The van der Waals surface area contributed by atoms with Crippen LogP contribution in [-0.4, -0.2) is 11.3 Å². The van der Waals surface area contributed by atoms with Crippen molar-refractivity contribution in [2.75, 3.05) is 0 Å². The van der Waals surface area contributed by atoms with E-state index in [2.05, 4.69) is 4.98 Å². The molecule has 3 nitrogen and oxygen atoms in total. The van der Waals surface area contributed by atoms with E-state index in [0.29, 0.717) is 0 Å². The molecule has 0 unspecified atom stereocenters. The van der Waals surface area contributed by atoms with Gasteiger partial charge in [-0.1, -0.05) is 11.6 Å². The molecule has 0 amide bonds. The molecule has 1 rings (SSSR count). The molecular weight excluding hydrogens is 214 g/mol. The molecule has 72 valence electrons. The van der Waals surface area contributed by atoms with Crippen molar-refractivity contribution in [3.05, 3.63) is 28.0 Å². The second kappa shape index (κ2) is 4.11. The lowest BCUT2D eigenvalue weighted by atomic mass is 10.2. The van der Waals surface area contributed by atoms with E-state index < -0.39 is 17.0 Å². The minimum atomic E-state index is -2.84. The Morgan fingerprint density at radius 1 is 1.64 bits per heavy atom. The van der Waals surface area contributed by atoms with Gasteiger partial charge in [0.1, 0.15) is 17.5 Å². The second-order valence-electron chi connectivity index (χ2n) is 2.33. The summed E-state index contributed by atoms with van der Waals surface area (Å²) >= 11 is 5.45. The topological polar surface area (TPSA) is 53.8 Å². The fraction of sp³-hybridized carbons (Fsp3) is 0.125. The second-order valence-corrected chi connectivity index (χ2v) is 2.70. The molecule has 0 aliphatic rings. The Morgan fingerprint density at radius 2 is 2.29 bits per heavy atom. The number of rotatable bonds is 2. The first-order chi connectivity index (χ1) is 6.60. The van der Waals surface area contributed by atoms with E-state index in [1.54, 1.807) is 6.07 Å². The number of alkyl halides is 2.